The fraction of sp³-hybridized carbons (Fsp3) is 0.0800. The van der Waals surface area contributed by atoms with Crippen LogP contribution in [0.4, 0.5) is 11.4 Å². The maximum absolute atomic E-state index is 13.3. The minimum absolute atomic E-state index is 0.102. The largest absolute Gasteiger partial charge is 0.328 e. The van der Waals surface area contributed by atoms with Gasteiger partial charge in [-0.2, -0.15) is 0 Å². The number of rotatable bonds is 4. The third-order valence-electron chi connectivity index (χ3n) is 5.34. The molecule has 7 nitrogen and oxygen atoms in total. The van der Waals surface area contributed by atoms with Crippen molar-refractivity contribution < 1.29 is 14.4 Å². The fourth-order valence-corrected chi connectivity index (χ4v) is 4.12. The Bertz CT molecular complexity index is 1480. The molecule has 0 aliphatic heterocycles. The molecule has 3 aromatic carbocycles. The maximum Gasteiger partial charge on any atom is 0.328 e. The van der Waals surface area contributed by atoms with E-state index in [2.05, 4.69) is 16.1 Å². The Balaban J connectivity index is 1.66. The Morgan fingerprint density at radius 3 is 2.20 bits per heavy atom. The number of amides is 3. The molecule has 178 valence electrons. The molecule has 3 N–H and O–H groups in total. The molecule has 0 aliphatic rings. The van der Waals surface area contributed by atoms with Crippen molar-refractivity contribution in [2.45, 2.75) is 13.8 Å². The van der Waals surface area contributed by atoms with Gasteiger partial charge in [-0.15, -0.1) is 0 Å². The van der Waals surface area contributed by atoms with Gasteiger partial charge in [-0.3, -0.25) is 19.8 Å². The van der Waals surface area contributed by atoms with Crippen LogP contribution in [0.25, 0.3) is 10.9 Å². The summed E-state index contributed by atoms with van der Waals surface area (Å²) in [5.74, 6) is -2.49. The predicted molar refractivity (Wildman–Crippen MR) is 140 cm³/mol. The van der Waals surface area contributed by atoms with Crippen LogP contribution < -0.4 is 16.1 Å². The highest BCUT2D eigenvalue weighted by atomic mass is 35.5. The summed E-state index contributed by atoms with van der Waals surface area (Å²) in [7, 11) is 0. The number of nitrogens with zero attached hydrogens (tertiary/aromatic N) is 1. The van der Waals surface area contributed by atoms with Gasteiger partial charge in [0.2, 0.25) is 0 Å². The summed E-state index contributed by atoms with van der Waals surface area (Å²) in [5.41, 5.74) is 5.66. The molecule has 0 saturated carbocycles. The van der Waals surface area contributed by atoms with Crippen LogP contribution in [-0.4, -0.2) is 22.4 Å². The Morgan fingerprint density at radius 1 is 0.800 bits per heavy atom. The zero-order valence-electron chi connectivity index (χ0n) is 18.6. The lowest BCUT2D eigenvalue weighted by molar-refractivity contribution is -0.133. The van der Waals surface area contributed by atoms with E-state index in [9.17, 15) is 14.4 Å². The van der Waals surface area contributed by atoms with Crippen LogP contribution in [0.3, 0.4) is 0 Å². The Labute approximate surface area is 215 Å². The Kier molecular flexibility index (Phi) is 7.03. The number of nitrogens with one attached hydrogen (secondary N) is 3. The van der Waals surface area contributed by atoms with Crippen molar-refractivity contribution in [3.63, 3.8) is 0 Å². The van der Waals surface area contributed by atoms with Crippen molar-refractivity contribution in [2.75, 3.05) is 16.1 Å². The molecule has 0 spiro atoms. The Hall–Kier alpha value is -3.52. The number of hydrogen-bond acceptors (Lipinski definition) is 3. The number of benzene rings is 3. The normalized spacial score (nSPS) is 10.8. The van der Waals surface area contributed by atoms with E-state index in [1.165, 1.54) is 10.7 Å². The van der Waals surface area contributed by atoms with Crippen LogP contribution in [0.15, 0.2) is 60.7 Å². The second-order valence-corrected chi connectivity index (χ2v) is 9.01. The highest BCUT2D eigenvalue weighted by molar-refractivity contribution is 6.46. The summed E-state index contributed by atoms with van der Waals surface area (Å²) >= 11 is 18.2. The van der Waals surface area contributed by atoms with Crippen molar-refractivity contribution in [3.8, 4) is 0 Å². The number of aromatic nitrogens is 1. The second kappa shape index (κ2) is 10.00. The van der Waals surface area contributed by atoms with Gasteiger partial charge in [0.25, 0.3) is 5.91 Å². The Morgan fingerprint density at radius 2 is 1.49 bits per heavy atom. The van der Waals surface area contributed by atoms with Gasteiger partial charge in [0.15, 0.2) is 0 Å². The molecule has 0 aliphatic carbocycles. The summed E-state index contributed by atoms with van der Waals surface area (Å²) in [6, 6.07) is 16.8. The molecular weight excluding hydrogens is 511 g/mol. The van der Waals surface area contributed by atoms with E-state index in [0.717, 1.165) is 11.1 Å². The van der Waals surface area contributed by atoms with Gasteiger partial charge < -0.3 is 10.6 Å². The summed E-state index contributed by atoms with van der Waals surface area (Å²) in [5, 5.41) is 6.69. The van der Waals surface area contributed by atoms with Gasteiger partial charge in [0.1, 0.15) is 5.69 Å². The summed E-state index contributed by atoms with van der Waals surface area (Å²) in [4.78, 5) is 38.6. The first-order valence-corrected chi connectivity index (χ1v) is 11.5. The van der Waals surface area contributed by atoms with Crippen molar-refractivity contribution in [2.24, 2.45) is 0 Å². The van der Waals surface area contributed by atoms with Crippen LogP contribution in [-0.2, 0) is 9.59 Å². The number of aryl methyl sites for hydroxylation is 2. The van der Waals surface area contributed by atoms with Gasteiger partial charge in [-0.05, 0) is 61.4 Å². The highest BCUT2D eigenvalue weighted by Gasteiger charge is 2.22. The quantitative estimate of drug-likeness (QED) is 0.276. The summed E-state index contributed by atoms with van der Waals surface area (Å²) in [6.07, 6.45) is 0. The first-order chi connectivity index (χ1) is 16.7. The molecule has 0 bridgehead atoms. The van der Waals surface area contributed by atoms with Crippen LogP contribution >= 0.6 is 34.8 Å². The molecule has 4 aromatic rings. The van der Waals surface area contributed by atoms with Gasteiger partial charge in [0.05, 0.1) is 21.2 Å². The smallest absolute Gasteiger partial charge is 0.320 e. The number of carbonyl (C=O) groups excluding carboxylic acids is 3. The molecular formula is C25H19Cl3N4O3. The van der Waals surface area contributed by atoms with Crippen molar-refractivity contribution in [3.05, 3.63) is 92.6 Å². The summed E-state index contributed by atoms with van der Waals surface area (Å²) in [6.45, 7) is 3.76. The SMILES string of the molecule is Cc1cccc(C)c1NC(=O)c1cc2cc(Cl)ccc2n1NC(=O)C(=O)Nc1cccc(Cl)c1Cl. The predicted octanol–water partition coefficient (Wildman–Crippen LogP) is 6.18. The zero-order valence-corrected chi connectivity index (χ0v) is 20.8. The molecule has 0 atom stereocenters. The number of hydrogen-bond donors (Lipinski definition) is 3. The number of anilines is 2. The van der Waals surface area contributed by atoms with E-state index in [0.29, 0.717) is 21.6 Å². The highest BCUT2D eigenvalue weighted by Crippen LogP contribution is 2.29. The molecule has 35 heavy (non-hydrogen) atoms. The lowest BCUT2D eigenvalue weighted by Crippen LogP contribution is -2.36. The molecule has 0 unspecified atom stereocenters. The van der Waals surface area contributed by atoms with E-state index >= 15 is 0 Å². The minimum Gasteiger partial charge on any atom is -0.320 e. The topological polar surface area (TPSA) is 92.2 Å². The lowest BCUT2D eigenvalue weighted by Gasteiger charge is -2.15. The molecule has 10 heteroatoms. The molecule has 3 amide bonds. The number of carbonyl (C=O) groups is 3. The standard InChI is InChI=1S/C25H19Cl3N4O3/c1-13-5-3-6-14(2)22(13)30-23(33)20-12-15-11-16(26)9-10-19(15)32(20)31-25(35)24(34)29-18-8-4-7-17(27)21(18)28/h3-12H,1-2H3,(H,29,34)(H,30,33)(H,31,35). The molecule has 0 saturated heterocycles. The molecule has 4 rings (SSSR count). The third-order valence-corrected chi connectivity index (χ3v) is 6.39. The van der Waals surface area contributed by atoms with E-state index in [-0.39, 0.29) is 21.4 Å². The van der Waals surface area contributed by atoms with Crippen LogP contribution in [0.5, 0.6) is 0 Å². The van der Waals surface area contributed by atoms with Gasteiger partial charge >= 0.3 is 11.8 Å². The molecule has 0 fully saturated rings. The number of fused-ring (bicyclic) bond motifs is 1. The van der Waals surface area contributed by atoms with E-state index < -0.39 is 17.7 Å². The average Bonchev–Trinajstić information content (AvgIpc) is 3.16. The maximum atomic E-state index is 13.3. The van der Waals surface area contributed by atoms with Crippen molar-refractivity contribution in [1.82, 2.24) is 4.68 Å². The van der Waals surface area contributed by atoms with Crippen LogP contribution in [0.1, 0.15) is 21.6 Å². The molecule has 0 radical (unpaired) electrons. The molecule has 1 heterocycles. The van der Waals surface area contributed by atoms with E-state index in [1.54, 1.807) is 36.4 Å². The van der Waals surface area contributed by atoms with E-state index in [4.69, 9.17) is 34.8 Å². The zero-order chi connectivity index (χ0) is 25.3. The second-order valence-electron chi connectivity index (χ2n) is 7.79. The van der Waals surface area contributed by atoms with Crippen LogP contribution in [0, 0.1) is 13.8 Å². The average molecular weight is 530 g/mol. The minimum atomic E-state index is -1.02. The van der Waals surface area contributed by atoms with Gasteiger partial charge in [0, 0.05) is 16.1 Å². The monoisotopic (exact) mass is 528 g/mol. The lowest BCUT2D eigenvalue weighted by atomic mass is 10.1. The first-order valence-electron chi connectivity index (χ1n) is 10.4. The van der Waals surface area contributed by atoms with Gasteiger partial charge in [-0.1, -0.05) is 59.1 Å². The van der Waals surface area contributed by atoms with Crippen molar-refractivity contribution >= 4 is 74.8 Å². The van der Waals surface area contributed by atoms with E-state index in [1.807, 2.05) is 32.0 Å². The third kappa shape index (κ3) is 5.12. The summed E-state index contributed by atoms with van der Waals surface area (Å²) < 4.78 is 1.25. The number of para-hydroxylation sites is 1. The number of halogens is 3. The van der Waals surface area contributed by atoms with Crippen LogP contribution in [0.2, 0.25) is 15.1 Å². The van der Waals surface area contributed by atoms with Crippen molar-refractivity contribution in [1.29, 1.82) is 0 Å². The van der Waals surface area contributed by atoms with Gasteiger partial charge in [-0.25, -0.2) is 4.68 Å². The molecule has 1 aromatic heterocycles. The first kappa shape index (κ1) is 24.6. The fourth-order valence-electron chi connectivity index (χ4n) is 3.59.